The lowest BCUT2D eigenvalue weighted by molar-refractivity contribution is 0.629. The molecule has 0 atom stereocenters. The number of halogens is 1. The predicted octanol–water partition coefficient (Wildman–Crippen LogP) is 3.45. The van der Waals surface area contributed by atoms with Crippen LogP contribution in [0.25, 0.3) is 20.8 Å². The standard InChI is InChI=1S/C11H8FN3S2/c1-5-9(10(13)17-15-5)11-14-7-4-6(12)2-3-8(7)16-11/h2-4H,13H2,1H3. The van der Waals surface area contributed by atoms with E-state index in [1.165, 1.54) is 35.0 Å². The first-order valence-corrected chi connectivity index (χ1v) is 6.52. The number of thiazole rings is 1. The van der Waals surface area contributed by atoms with Gasteiger partial charge in [-0.2, -0.15) is 4.37 Å². The minimum atomic E-state index is -0.275. The van der Waals surface area contributed by atoms with Crippen molar-refractivity contribution in [3.8, 4) is 10.6 Å². The van der Waals surface area contributed by atoms with Crippen LogP contribution in [0.15, 0.2) is 18.2 Å². The predicted molar refractivity (Wildman–Crippen MR) is 69.8 cm³/mol. The molecule has 0 amide bonds. The zero-order chi connectivity index (χ0) is 12.0. The molecule has 0 saturated heterocycles. The Morgan fingerprint density at radius 1 is 1.35 bits per heavy atom. The number of benzene rings is 1. The Morgan fingerprint density at radius 3 is 2.88 bits per heavy atom. The molecular formula is C11H8FN3S2. The van der Waals surface area contributed by atoms with Gasteiger partial charge in [0.2, 0.25) is 0 Å². The molecule has 0 radical (unpaired) electrons. The second-order valence-corrected chi connectivity index (χ2v) is 5.47. The van der Waals surface area contributed by atoms with E-state index in [0.717, 1.165) is 21.0 Å². The van der Waals surface area contributed by atoms with Crippen molar-refractivity contribution in [2.75, 3.05) is 5.73 Å². The molecule has 0 saturated carbocycles. The Labute approximate surface area is 105 Å². The summed E-state index contributed by atoms with van der Waals surface area (Å²) < 4.78 is 18.2. The number of nitrogens with two attached hydrogens (primary N) is 1. The average molecular weight is 265 g/mol. The lowest BCUT2D eigenvalue weighted by Crippen LogP contribution is -1.85. The lowest BCUT2D eigenvalue weighted by Gasteiger charge is -1.93. The van der Waals surface area contributed by atoms with Crippen LogP contribution >= 0.6 is 22.9 Å². The maximum Gasteiger partial charge on any atom is 0.129 e. The van der Waals surface area contributed by atoms with E-state index in [9.17, 15) is 4.39 Å². The van der Waals surface area contributed by atoms with Gasteiger partial charge in [-0.25, -0.2) is 9.37 Å². The number of anilines is 1. The average Bonchev–Trinajstić information content (AvgIpc) is 2.81. The molecule has 3 rings (SSSR count). The van der Waals surface area contributed by atoms with Gasteiger partial charge in [0.05, 0.1) is 21.5 Å². The Hall–Kier alpha value is -1.53. The highest BCUT2D eigenvalue weighted by atomic mass is 32.1. The van der Waals surface area contributed by atoms with Crippen molar-refractivity contribution in [3.63, 3.8) is 0 Å². The van der Waals surface area contributed by atoms with E-state index in [2.05, 4.69) is 9.36 Å². The van der Waals surface area contributed by atoms with Crippen LogP contribution in [0, 0.1) is 12.7 Å². The summed E-state index contributed by atoms with van der Waals surface area (Å²) in [4.78, 5) is 4.40. The molecule has 0 aliphatic carbocycles. The zero-order valence-corrected chi connectivity index (χ0v) is 10.5. The molecular weight excluding hydrogens is 257 g/mol. The number of hydrogen-bond donors (Lipinski definition) is 1. The van der Waals surface area contributed by atoms with E-state index in [1.807, 2.05) is 6.92 Å². The Morgan fingerprint density at radius 2 is 2.18 bits per heavy atom. The highest BCUT2D eigenvalue weighted by molar-refractivity contribution is 7.22. The third kappa shape index (κ3) is 1.69. The summed E-state index contributed by atoms with van der Waals surface area (Å²) in [6, 6.07) is 4.60. The highest BCUT2D eigenvalue weighted by Gasteiger charge is 2.15. The van der Waals surface area contributed by atoms with Gasteiger partial charge in [-0.15, -0.1) is 11.3 Å². The molecule has 0 aliphatic rings. The Bertz CT molecular complexity index is 682. The molecule has 17 heavy (non-hydrogen) atoms. The normalized spacial score (nSPS) is 11.2. The van der Waals surface area contributed by atoms with Gasteiger partial charge in [-0.05, 0) is 30.6 Å². The molecule has 3 aromatic rings. The number of fused-ring (bicyclic) bond motifs is 1. The van der Waals surface area contributed by atoms with Crippen molar-refractivity contribution in [2.45, 2.75) is 6.92 Å². The minimum absolute atomic E-state index is 0.275. The molecule has 3 nitrogen and oxygen atoms in total. The number of hydrogen-bond acceptors (Lipinski definition) is 5. The molecule has 0 spiro atoms. The van der Waals surface area contributed by atoms with Gasteiger partial charge in [-0.3, -0.25) is 0 Å². The van der Waals surface area contributed by atoms with Gasteiger partial charge in [0, 0.05) is 6.07 Å². The van der Waals surface area contributed by atoms with E-state index in [1.54, 1.807) is 6.07 Å². The summed E-state index contributed by atoms with van der Waals surface area (Å²) in [7, 11) is 0. The van der Waals surface area contributed by atoms with E-state index in [4.69, 9.17) is 5.73 Å². The summed E-state index contributed by atoms with van der Waals surface area (Å²) >= 11 is 2.76. The van der Waals surface area contributed by atoms with E-state index < -0.39 is 0 Å². The van der Waals surface area contributed by atoms with Crippen LogP contribution in [0.1, 0.15) is 5.69 Å². The van der Waals surface area contributed by atoms with Crippen molar-refractivity contribution < 1.29 is 4.39 Å². The Balaban J connectivity index is 2.25. The van der Waals surface area contributed by atoms with Crippen LogP contribution in [0.5, 0.6) is 0 Å². The third-order valence-corrected chi connectivity index (χ3v) is 4.27. The second-order valence-electron chi connectivity index (χ2n) is 3.64. The van der Waals surface area contributed by atoms with Gasteiger partial charge in [0.1, 0.15) is 15.8 Å². The molecule has 2 heterocycles. The first kappa shape index (κ1) is 10.6. The van der Waals surface area contributed by atoms with Crippen molar-refractivity contribution >= 4 is 38.1 Å². The topological polar surface area (TPSA) is 51.8 Å². The smallest absolute Gasteiger partial charge is 0.129 e. The maximum atomic E-state index is 13.1. The molecule has 0 unspecified atom stereocenters. The first-order valence-electron chi connectivity index (χ1n) is 4.93. The van der Waals surface area contributed by atoms with E-state index in [0.29, 0.717) is 10.5 Å². The van der Waals surface area contributed by atoms with Gasteiger partial charge in [-0.1, -0.05) is 0 Å². The fourth-order valence-corrected chi connectivity index (χ4v) is 3.44. The summed E-state index contributed by atoms with van der Waals surface area (Å²) in [5.74, 6) is -0.275. The zero-order valence-electron chi connectivity index (χ0n) is 8.90. The van der Waals surface area contributed by atoms with Crippen LogP contribution in [-0.4, -0.2) is 9.36 Å². The van der Waals surface area contributed by atoms with Gasteiger partial charge in [0.15, 0.2) is 0 Å². The number of nitrogen functional groups attached to an aromatic ring is 1. The molecule has 6 heteroatoms. The van der Waals surface area contributed by atoms with Crippen LogP contribution < -0.4 is 5.73 Å². The molecule has 2 aromatic heterocycles. The Kier molecular flexibility index (Phi) is 2.34. The molecule has 86 valence electrons. The van der Waals surface area contributed by atoms with E-state index >= 15 is 0 Å². The lowest BCUT2D eigenvalue weighted by atomic mass is 10.2. The fraction of sp³-hybridized carbons (Fsp3) is 0.0909. The van der Waals surface area contributed by atoms with Crippen LogP contribution in [-0.2, 0) is 0 Å². The number of nitrogens with zero attached hydrogens (tertiary/aromatic N) is 2. The molecule has 0 bridgehead atoms. The quantitative estimate of drug-likeness (QED) is 0.733. The number of aromatic nitrogens is 2. The highest BCUT2D eigenvalue weighted by Crippen LogP contribution is 2.37. The third-order valence-electron chi connectivity index (χ3n) is 2.45. The van der Waals surface area contributed by atoms with Crippen molar-refractivity contribution in [1.82, 2.24) is 9.36 Å². The van der Waals surface area contributed by atoms with Crippen LogP contribution in [0.3, 0.4) is 0 Å². The molecule has 2 N–H and O–H groups in total. The van der Waals surface area contributed by atoms with Crippen molar-refractivity contribution in [1.29, 1.82) is 0 Å². The summed E-state index contributed by atoms with van der Waals surface area (Å²) in [6.45, 7) is 1.90. The van der Waals surface area contributed by atoms with Gasteiger partial charge in [0.25, 0.3) is 0 Å². The van der Waals surface area contributed by atoms with Crippen molar-refractivity contribution in [3.05, 3.63) is 29.7 Å². The minimum Gasteiger partial charge on any atom is -0.389 e. The molecule has 0 fully saturated rings. The molecule has 0 aliphatic heterocycles. The largest absolute Gasteiger partial charge is 0.389 e. The van der Waals surface area contributed by atoms with Gasteiger partial charge < -0.3 is 5.73 Å². The van der Waals surface area contributed by atoms with Gasteiger partial charge >= 0.3 is 0 Å². The summed E-state index contributed by atoms with van der Waals surface area (Å²) in [6.07, 6.45) is 0. The second kappa shape index (κ2) is 3.75. The van der Waals surface area contributed by atoms with Crippen LogP contribution in [0.4, 0.5) is 9.39 Å². The molecule has 1 aromatic carbocycles. The fourth-order valence-electron chi connectivity index (χ4n) is 1.65. The first-order chi connectivity index (χ1) is 8.15. The monoisotopic (exact) mass is 265 g/mol. The van der Waals surface area contributed by atoms with Crippen LogP contribution in [0.2, 0.25) is 0 Å². The van der Waals surface area contributed by atoms with E-state index in [-0.39, 0.29) is 5.82 Å². The number of aryl methyl sites for hydroxylation is 1. The SMILES string of the molecule is Cc1nsc(N)c1-c1nc2cc(F)ccc2s1. The number of rotatable bonds is 1. The summed E-state index contributed by atoms with van der Waals surface area (Å²) in [5.41, 5.74) is 8.28. The summed E-state index contributed by atoms with van der Waals surface area (Å²) in [5, 5.41) is 1.45. The maximum absolute atomic E-state index is 13.1. The van der Waals surface area contributed by atoms with Crippen molar-refractivity contribution in [2.24, 2.45) is 0 Å².